The summed E-state index contributed by atoms with van der Waals surface area (Å²) < 4.78 is 0. The Balaban J connectivity index is 0. The van der Waals surface area contributed by atoms with Gasteiger partial charge in [-0.2, -0.15) is 0 Å². The number of carboxylic acid groups (broad SMARTS) is 2. The summed E-state index contributed by atoms with van der Waals surface area (Å²) in [4.78, 5) is 19.3. The third-order valence-corrected chi connectivity index (χ3v) is 0.553. The van der Waals surface area contributed by atoms with Crippen molar-refractivity contribution in [1.82, 2.24) is 0 Å². The summed E-state index contributed by atoms with van der Waals surface area (Å²) in [6.07, 6.45) is -0.593. The molecule has 0 aromatic carbocycles. The number of hydrogen-bond acceptors (Lipinski definition) is 2. The lowest BCUT2D eigenvalue weighted by molar-refractivity contribution is -0.143. The molecule has 4 heteroatoms. The van der Waals surface area contributed by atoms with E-state index in [2.05, 4.69) is 0 Å². The van der Waals surface area contributed by atoms with E-state index in [1.165, 1.54) is 0 Å². The fraction of sp³-hybridized carbons (Fsp3) is 0.400. The lowest BCUT2D eigenvalue weighted by atomic mass is 10.3. The highest BCUT2D eigenvalue weighted by Gasteiger charge is 2.00. The molecule has 0 aromatic heterocycles. The minimum atomic E-state index is -1.08. The van der Waals surface area contributed by atoms with Crippen molar-refractivity contribution in [3.05, 3.63) is 7.43 Å². The third-order valence-electron chi connectivity index (χ3n) is 0.553. The van der Waals surface area contributed by atoms with Gasteiger partial charge in [0.1, 0.15) is 0 Å². The van der Waals surface area contributed by atoms with Gasteiger partial charge in [0.2, 0.25) is 0 Å². The summed E-state index contributed by atoms with van der Waals surface area (Å²) in [6.45, 7) is 0. The van der Waals surface area contributed by atoms with Crippen molar-refractivity contribution < 1.29 is 19.8 Å². The number of hydrogen-bond donors (Lipinski definition) is 2. The quantitative estimate of drug-likeness (QED) is 0.564. The van der Waals surface area contributed by atoms with E-state index >= 15 is 0 Å². The zero-order chi connectivity index (χ0) is 6.57. The summed E-state index contributed by atoms with van der Waals surface area (Å²) in [5.41, 5.74) is 0. The SMILES string of the molecule is O=C(O)CCC(=O)O.[C]. The molecule has 0 bridgehead atoms. The van der Waals surface area contributed by atoms with Crippen LogP contribution in [0.4, 0.5) is 0 Å². The molecule has 50 valence electrons. The fourth-order valence-corrected chi connectivity index (χ4v) is 0.214. The monoisotopic (exact) mass is 130 g/mol. The van der Waals surface area contributed by atoms with E-state index in [-0.39, 0.29) is 20.3 Å². The van der Waals surface area contributed by atoms with Crippen molar-refractivity contribution >= 4 is 11.9 Å². The number of carboxylic acids is 2. The number of rotatable bonds is 3. The Kier molecular flexibility index (Phi) is 6.12. The van der Waals surface area contributed by atoms with Crippen LogP contribution in [0.15, 0.2) is 0 Å². The molecule has 0 saturated carbocycles. The Morgan fingerprint density at radius 1 is 1.00 bits per heavy atom. The van der Waals surface area contributed by atoms with Gasteiger partial charge in [-0.1, -0.05) is 0 Å². The van der Waals surface area contributed by atoms with E-state index in [0.29, 0.717) is 0 Å². The highest BCUT2D eigenvalue weighted by Crippen LogP contribution is 1.85. The Labute approximate surface area is 53.1 Å². The molecule has 0 amide bonds. The van der Waals surface area contributed by atoms with Crippen LogP contribution in [0.3, 0.4) is 0 Å². The van der Waals surface area contributed by atoms with Crippen LogP contribution in [0.25, 0.3) is 0 Å². The van der Waals surface area contributed by atoms with Crippen molar-refractivity contribution in [2.75, 3.05) is 0 Å². The molecule has 0 saturated heterocycles. The summed E-state index contributed by atoms with van der Waals surface area (Å²) in [5.74, 6) is -2.15. The second-order valence-electron chi connectivity index (χ2n) is 1.29. The Morgan fingerprint density at radius 2 is 1.22 bits per heavy atom. The van der Waals surface area contributed by atoms with Crippen LogP contribution in [0.1, 0.15) is 12.8 Å². The van der Waals surface area contributed by atoms with E-state index in [0.717, 1.165) is 0 Å². The Bertz CT molecular complexity index is 93.5. The molecular formula is C5H6O4. The van der Waals surface area contributed by atoms with E-state index in [9.17, 15) is 9.59 Å². The number of aliphatic carboxylic acids is 2. The molecular weight excluding hydrogens is 124 g/mol. The lowest BCUT2D eigenvalue weighted by Gasteiger charge is -1.85. The fourth-order valence-electron chi connectivity index (χ4n) is 0.214. The second kappa shape index (κ2) is 5.08. The summed E-state index contributed by atoms with van der Waals surface area (Å²) >= 11 is 0. The van der Waals surface area contributed by atoms with Crippen LogP contribution in [0, 0.1) is 7.43 Å². The molecule has 0 unspecified atom stereocenters. The van der Waals surface area contributed by atoms with Gasteiger partial charge in [0, 0.05) is 7.43 Å². The smallest absolute Gasteiger partial charge is 0.303 e. The van der Waals surface area contributed by atoms with Crippen molar-refractivity contribution in [2.45, 2.75) is 12.8 Å². The third kappa shape index (κ3) is 10.9. The van der Waals surface area contributed by atoms with E-state index in [1.54, 1.807) is 0 Å². The molecule has 0 rings (SSSR count). The van der Waals surface area contributed by atoms with Crippen molar-refractivity contribution in [1.29, 1.82) is 0 Å². The minimum absolute atomic E-state index is 0. The zero-order valence-corrected chi connectivity index (χ0v) is 4.63. The van der Waals surface area contributed by atoms with Crippen LogP contribution in [-0.2, 0) is 9.59 Å². The zero-order valence-electron chi connectivity index (χ0n) is 4.63. The normalized spacial score (nSPS) is 7.56. The average Bonchev–Trinajstić information content (AvgIpc) is 1.61. The molecule has 4 radical (unpaired) electrons. The van der Waals surface area contributed by atoms with Crippen LogP contribution >= 0.6 is 0 Å². The largest absolute Gasteiger partial charge is 0.481 e. The molecule has 0 aliphatic heterocycles. The highest BCUT2D eigenvalue weighted by atomic mass is 16.4. The molecule has 0 atom stereocenters. The van der Waals surface area contributed by atoms with Gasteiger partial charge in [-0.15, -0.1) is 0 Å². The van der Waals surface area contributed by atoms with Crippen molar-refractivity contribution in [3.63, 3.8) is 0 Å². The molecule has 4 nitrogen and oxygen atoms in total. The van der Waals surface area contributed by atoms with Crippen LogP contribution in [-0.4, -0.2) is 22.2 Å². The van der Waals surface area contributed by atoms with E-state index < -0.39 is 11.9 Å². The van der Waals surface area contributed by atoms with Gasteiger partial charge in [0.25, 0.3) is 0 Å². The molecule has 0 aliphatic rings. The summed E-state index contributed by atoms with van der Waals surface area (Å²) in [7, 11) is 0. The van der Waals surface area contributed by atoms with Gasteiger partial charge >= 0.3 is 11.9 Å². The van der Waals surface area contributed by atoms with Crippen LogP contribution in [0.2, 0.25) is 0 Å². The van der Waals surface area contributed by atoms with Crippen molar-refractivity contribution in [3.8, 4) is 0 Å². The predicted molar refractivity (Wildman–Crippen MR) is 27.7 cm³/mol. The first-order chi connectivity index (χ1) is 3.63. The topological polar surface area (TPSA) is 74.6 Å². The number of carbonyl (C=O) groups is 2. The molecule has 0 aromatic rings. The molecule has 9 heavy (non-hydrogen) atoms. The molecule has 0 fully saturated rings. The predicted octanol–water partition coefficient (Wildman–Crippen LogP) is 0.0171. The van der Waals surface area contributed by atoms with Gasteiger partial charge in [-0.25, -0.2) is 0 Å². The highest BCUT2D eigenvalue weighted by molar-refractivity contribution is 5.75. The molecule has 0 aliphatic carbocycles. The van der Waals surface area contributed by atoms with Gasteiger partial charge in [-0.3, -0.25) is 9.59 Å². The molecule has 0 spiro atoms. The minimum Gasteiger partial charge on any atom is -0.481 e. The molecule has 0 heterocycles. The van der Waals surface area contributed by atoms with Gasteiger partial charge < -0.3 is 10.2 Å². The van der Waals surface area contributed by atoms with Crippen LogP contribution < -0.4 is 0 Å². The standard InChI is InChI=1S/C4H6O4.C/c5-3(6)1-2-4(7)8;/h1-2H2,(H,5,6)(H,7,8);. The Hall–Kier alpha value is -1.06. The first-order valence-electron chi connectivity index (χ1n) is 2.06. The van der Waals surface area contributed by atoms with Gasteiger partial charge in [-0.05, 0) is 0 Å². The average molecular weight is 130 g/mol. The Morgan fingerprint density at radius 3 is 1.33 bits per heavy atom. The second-order valence-corrected chi connectivity index (χ2v) is 1.29. The first-order valence-corrected chi connectivity index (χ1v) is 2.06. The first kappa shape index (κ1) is 10.8. The maximum atomic E-state index is 9.64. The molecule has 2 N–H and O–H groups in total. The summed E-state index contributed by atoms with van der Waals surface area (Å²) in [5, 5.41) is 15.8. The lowest BCUT2D eigenvalue weighted by Crippen LogP contribution is -2.00. The van der Waals surface area contributed by atoms with Gasteiger partial charge in [0.05, 0.1) is 12.8 Å². The van der Waals surface area contributed by atoms with E-state index in [1.807, 2.05) is 0 Å². The maximum absolute atomic E-state index is 9.64. The summed E-state index contributed by atoms with van der Waals surface area (Å²) in [6, 6.07) is 0. The maximum Gasteiger partial charge on any atom is 0.303 e. The van der Waals surface area contributed by atoms with E-state index in [4.69, 9.17) is 10.2 Å². The van der Waals surface area contributed by atoms with Crippen molar-refractivity contribution in [2.24, 2.45) is 0 Å². The van der Waals surface area contributed by atoms with Gasteiger partial charge in [0.15, 0.2) is 0 Å². The van der Waals surface area contributed by atoms with Crippen LogP contribution in [0.5, 0.6) is 0 Å².